The highest BCUT2D eigenvalue weighted by molar-refractivity contribution is 14.1. The Labute approximate surface area is 113 Å². The number of hydrogen-bond donors (Lipinski definition) is 2. The summed E-state index contributed by atoms with van der Waals surface area (Å²) < 4.78 is 0.763. The van der Waals surface area contributed by atoms with E-state index in [2.05, 4.69) is 0 Å². The molecule has 88 valence electrons. The van der Waals surface area contributed by atoms with Crippen LogP contribution in [0.4, 0.5) is 0 Å². The van der Waals surface area contributed by atoms with E-state index < -0.39 is 12.1 Å². The van der Waals surface area contributed by atoms with E-state index in [9.17, 15) is 9.90 Å². The van der Waals surface area contributed by atoms with Crippen LogP contribution < -0.4 is 0 Å². The normalized spacial score (nSPS) is 12.4. The molecule has 0 fully saturated rings. The van der Waals surface area contributed by atoms with Crippen molar-refractivity contribution in [3.05, 3.63) is 32.9 Å². The lowest BCUT2D eigenvalue weighted by Gasteiger charge is -2.14. The molecule has 1 rings (SSSR count). The lowest BCUT2D eigenvalue weighted by atomic mass is 9.99. The van der Waals surface area contributed by atoms with Crippen LogP contribution in [-0.4, -0.2) is 22.1 Å². The van der Waals surface area contributed by atoms with Crippen LogP contribution in [0.25, 0.3) is 0 Å². The predicted octanol–water partition coefficient (Wildman–Crippen LogP) is 2.58. The Morgan fingerprint density at radius 2 is 2.19 bits per heavy atom. The van der Waals surface area contributed by atoms with E-state index in [0.717, 1.165) is 15.6 Å². The minimum atomic E-state index is -1.46. The highest BCUT2D eigenvalue weighted by Crippen LogP contribution is 2.25. The number of aliphatic hydroxyl groups is 1. The molecular formula is C11H12ClIO3. The van der Waals surface area contributed by atoms with Crippen LogP contribution in [0.3, 0.4) is 0 Å². The maximum absolute atomic E-state index is 10.8. The third kappa shape index (κ3) is 3.33. The SMILES string of the molecule is O=C(O)C(O)c1c(I)cccc1CCCCl. The molecule has 3 nitrogen and oxygen atoms in total. The van der Waals surface area contributed by atoms with Crippen LogP contribution >= 0.6 is 34.2 Å². The molecule has 0 aliphatic rings. The first-order valence-corrected chi connectivity index (χ1v) is 6.43. The average molecular weight is 355 g/mol. The number of carboxylic acid groups (broad SMARTS) is 1. The number of carbonyl (C=O) groups is 1. The molecule has 1 aromatic rings. The summed E-state index contributed by atoms with van der Waals surface area (Å²) in [5, 5.41) is 18.5. The number of aryl methyl sites for hydroxylation is 1. The summed E-state index contributed by atoms with van der Waals surface area (Å²) in [7, 11) is 0. The van der Waals surface area contributed by atoms with Gasteiger partial charge in [-0.3, -0.25) is 0 Å². The van der Waals surface area contributed by atoms with Crippen LogP contribution in [0.1, 0.15) is 23.7 Å². The maximum Gasteiger partial charge on any atom is 0.337 e. The van der Waals surface area contributed by atoms with E-state index in [-0.39, 0.29) is 0 Å². The van der Waals surface area contributed by atoms with Crippen LogP contribution in [0, 0.1) is 3.57 Å². The van der Waals surface area contributed by atoms with E-state index in [0.29, 0.717) is 17.9 Å². The van der Waals surface area contributed by atoms with Crippen molar-refractivity contribution in [3.63, 3.8) is 0 Å². The van der Waals surface area contributed by atoms with Gasteiger partial charge in [-0.1, -0.05) is 12.1 Å². The molecule has 1 atom stereocenters. The van der Waals surface area contributed by atoms with Gasteiger partial charge in [0, 0.05) is 15.0 Å². The molecule has 0 aliphatic carbocycles. The molecule has 1 unspecified atom stereocenters. The van der Waals surface area contributed by atoms with E-state index >= 15 is 0 Å². The van der Waals surface area contributed by atoms with E-state index in [1.807, 2.05) is 34.7 Å². The summed E-state index contributed by atoms with van der Waals surface area (Å²) >= 11 is 7.63. The third-order valence-corrected chi connectivity index (χ3v) is 3.44. The zero-order valence-electron chi connectivity index (χ0n) is 8.49. The maximum atomic E-state index is 10.8. The van der Waals surface area contributed by atoms with Crippen LogP contribution in [0.5, 0.6) is 0 Å². The van der Waals surface area contributed by atoms with Crippen molar-refractivity contribution in [2.75, 3.05) is 5.88 Å². The van der Waals surface area contributed by atoms with E-state index in [4.69, 9.17) is 16.7 Å². The van der Waals surface area contributed by atoms with Crippen molar-refractivity contribution in [3.8, 4) is 0 Å². The summed E-state index contributed by atoms with van der Waals surface area (Å²) in [4.78, 5) is 10.8. The van der Waals surface area contributed by atoms with Crippen molar-refractivity contribution < 1.29 is 15.0 Å². The van der Waals surface area contributed by atoms with Crippen molar-refractivity contribution in [1.82, 2.24) is 0 Å². The zero-order valence-corrected chi connectivity index (χ0v) is 11.4. The number of halogens is 2. The first-order valence-electron chi connectivity index (χ1n) is 4.82. The molecule has 16 heavy (non-hydrogen) atoms. The summed E-state index contributed by atoms with van der Waals surface area (Å²) in [6.45, 7) is 0. The van der Waals surface area contributed by atoms with Gasteiger partial charge in [0.25, 0.3) is 0 Å². The van der Waals surface area contributed by atoms with Gasteiger partial charge in [0.2, 0.25) is 0 Å². The fraction of sp³-hybridized carbons (Fsp3) is 0.364. The van der Waals surface area contributed by atoms with Crippen molar-refractivity contribution in [2.45, 2.75) is 18.9 Å². The quantitative estimate of drug-likeness (QED) is 0.631. The number of aliphatic carboxylic acids is 1. The Morgan fingerprint density at radius 1 is 1.50 bits per heavy atom. The number of benzene rings is 1. The summed E-state index contributed by atoms with van der Waals surface area (Å²) in [5.41, 5.74) is 1.34. The molecule has 1 aromatic carbocycles. The largest absolute Gasteiger partial charge is 0.479 e. The van der Waals surface area contributed by atoms with Crippen molar-refractivity contribution in [1.29, 1.82) is 0 Å². The van der Waals surface area contributed by atoms with Gasteiger partial charge >= 0.3 is 5.97 Å². The van der Waals surface area contributed by atoms with Gasteiger partial charge in [-0.05, 0) is 47.1 Å². The lowest BCUT2D eigenvalue weighted by Crippen LogP contribution is -2.14. The molecule has 0 spiro atoms. The van der Waals surface area contributed by atoms with Crippen LogP contribution in [0.2, 0.25) is 0 Å². The fourth-order valence-corrected chi connectivity index (χ4v) is 2.47. The van der Waals surface area contributed by atoms with Gasteiger partial charge in [0.1, 0.15) is 0 Å². The van der Waals surface area contributed by atoms with Crippen LogP contribution in [0.15, 0.2) is 18.2 Å². The average Bonchev–Trinajstić information content (AvgIpc) is 2.25. The Balaban J connectivity index is 3.07. The summed E-state index contributed by atoms with van der Waals surface area (Å²) in [6.07, 6.45) is -0.0144. The molecule has 0 bridgehead atoms. The predicted molar refractivity (Wildman–Crippen MR) is 70.8 cm³/mol. The first kappa shape index (κ1) is 13.7. The highest BCUT2D eigenvalue weighted by Gasteiger charge is 2.21. The Morgan fingerprint density at radius 3 is 2.75 bits per heavy atom. The molecule has 0 amide bonds. The molecule has 5 heteroatoms. The summed E-state index contributed by atoms with van der Waals surface area (Å²) in [6, 6.07) is 5.46. The molecule has 0 aliphatic heterocycles. The minimum absolute atomic E-state index is 0.487. The molecule has 0 radical (unpaired) electrons. The van der Waals surface area contributed by atoms with Crippen molar-refractivity contribution >= 4 is 40.2 Å². The van der Waals surface area contributed by atoms with Gasteiger partial charge in [-0.2, -0.15) is 0 Å². The topological polar surface area (TPSA) is 57.5 Å². The van der Waals surface area contributed by atoms with Gasteiger partial charge in [-0.15, -0.1) is 11.6 Å². The lowest BCUT2D eigenvalue weighted by molar-refractivity contribution is -0.147. The fourth-order valence-electron chi connectivity index (χ4n) is 1.49. The number of hydrogen-bond acceptors (Lipinski definition) is 2. The Kier molecular flexibility index (Phi) is 5.51. The van der Waals surface area contributed by atoms with Gasteiger partial charge in [0.15, 0.2) is 6.10 Å². The van der Waals surface area contributed by atoms with Gasteiger partial charge in [0.05, 0.1) is 0 Å². The molecule has 2 N–H and O–H groups in total. The smallest absolute Gasteiger partial charge is 0.337 e. The van der Waals surface area contributed by atoms with E-state index in [1.54, 1.807) is 6.07 Å². The van der Waals surface area contributed by atoms with Crippen LogP contribution in [-0.2, 0) is 11.2 Å². The van der Waals surface area contributed by atoms with Gasteiger partial charge in [-0.25, -0.2) is 4.79 Å². The molecule has 0 heterocycles. The minimum Gasteiger partial charge on any atom is -0.479 e. The standard InChI is InChI=1S/C11H12ClIO3/c12-6-2-4-7-3-1-5-8(13)9(7)10(14)11(15)16/h1,3,5,10,14H,2,4,6H2,(H,15,16). The number of aliphatic hydroxyl groups excluding tert-OH is 1. The Bertz CT molecular complexity index is 381. The molecule has 0 aromatic heterocycles. The molecule has 0 saturated heterocycles. The van der Waals surface area contributed by atoms with Crippen molar-refractivity contribution in [2.24, 2.45) is 0 Å². The highest BCUT2D eigenvalue weighted by atomic mass is 127. The second-order valence-corrected chi connectivity index (χ2v) is 4.89. The molecule has 0 saturated carbocycles. The molecular weight excluding hydrogens is 342 g/mol. The number of rotatable bonds is 5. The Hall–Kier alpha value is -0.330. The first-order chi connectivity index (χ1) is 7.57. The summed E-state index contributed by atoms with van der Waals surface area (Å²) in [5.74, 6) is -0.704. The second kappa shape index (κ2) is 6.42. The number of alkyl halides is 1. The monoisotopic (exact) mass is 354 g/mol. The second-order valence-electron chi connectivity index (χ2n) is 3.35. The van der Waals surface area contributed by atoms with Gasteiger partial charge < -0.3 is 10.2 Å². The third-order valence-electron chi connectivity index (χ3n) is 2.23. The zero-order chi connectivity index (χ0) is 12.1. The number of carboxylic acids is 1. The van der Waals surface area contributed by atoms with E-state index in [1.165, 1.54) is 0 Å².